The van der Waals surface area contributed by atoms with Crippen molar-refractivity contribution in [1.29, 1.82) is 0 Å². The predicted octanol–water partition coefficient (Wildman–Crippen LogP) is 3.13. The van der Waals surface area contributed by atoms with Gasteiger partial charge in [0.2, 0.25) is 0 Å². The van der Waals surface area contributed by atoms with E-state index in [-0.39, 0.29) is 0 Å². The highest BCUT2D eigenvalue weighted by atomic mass is 32.1. The molecule has 0 saturated heterocycles. The zero-order valence-corrected chi connectivity index (χ0v) is 11.2. The molecule has 2 aromatic rings. The van der Waals surface area contributed by atoms with Crippen molar-refractivity contribution >= 4 is 12.2 Å². The van der Waals surface area contributed by atoms with Gasteiger partial charge in [-0.1, -0.05) is 13.8 Å². The van der Waals surface area contributed by atoms with Crippen LogP contribution in [0.4, 0.5) is 0 Å². The lowest BCUT2D eigenvalue weighted by molar-refractivity contribution is 0.442. The highest BCUT2D eigenvalue weighted by Crippen LogP contribution is 2.20. The van der Waals surface area contributed by atoms with Crippen LogP contribution in [0.25, 0.3) is 0 Å². The highest BCUT2D eigenvalue weighted by Gasteiger charge is 2.13. The van der Waals surface area contributed by atoms with Crippen LogP contribution in [0.15, 0.2) is 24.9 Å². The largest absolute Gasteiger partial charge is 0.337 e. The summed E-state index contributed by atoms with van der Waals surface area (Å²) in [6, 6.07) is 0.320. The van der Waals surface area contributed by atoms with Gasteiger partial charge in [0, 0.05) is 30.8 Å². The number of aromatic amines is 1. The lowest BCUT2D eigenvalue weighted by Gasteiger charge is -2.18. The van der Waals surface area contributed by atoms with E-state index in [4.69, 9.17) is 12.2 Å². The summed E-state index contributed by atoms with van der Waals surface area (Å²) < 4.78 is 5.06. The van der Waals surface area contributed by atoms with E-state index >= 15 is 0 Å². The molecular weight excluding hydrogens is 232 g/mol. The van der Waals surface area contributed by atoms with Crippen molar-refractivity contribution < 1.29 is 0 Å². The van der Waals surface area contributed by atoms with Gasteiger partial charge in [-0.05, 0) is 25.1 Å². The molecule has 0 amide bonds. The molecule has 1 N–H and O–H groups in total. The SMILES string of the molecule is CC(C)c1c[nH]c(=S)n1C(C)Cn1ccnc1. The summed E-state index contributed by atoms with van der Waals surface area (Å²) in [4.78, 5) is 7.19. The molecule has 2 aromatic heterocycles. The predicted molar refractivity (Wildman–Crippen MR) is 70.6 cm³/mol. The monoisotopic (exact) mass is 250 g/mol. The van der Waals surface area contributed by atoms with Gasteiger partial charge >= 0.3 is 0 Å². The van der Waals surface area contributed by atoms with Crippen molar-refractivity contribution in [3.63, 3.8) is 0 Å². The Kier molecular flexibility index (Phi) is 3.47. The van der Waals surface area contributed by atoms with Crippen molar-refractivity contribution in [2.45, 2.75) is 39.3 Å². The maximum atomic E-state index is 5.35. The van der Waals surface area contributed by atoms with Crippen LogP contribution >= 0.6 is 12.2 Å². The molecule has 4 nitrogen and oxygen atoms in total. The van der Waals surface area contributed by atoms with Crippen LogP contribution < -0.4 is 0 Å². The van der Waals surface area contributed by atoms with Crippen LogP contribution in [-0.4, -0.2) is 19.1 Å². The van der Waals surface area contributed by atoms with E-state index in [0.717, 1.165) is 11.3 Å². The van der Waals surface area contributed by atoms with Crippen LogP contribution in [0.5, 0.6) is 0 Å². The molecule has 2 heterocycles. The van der Waals surface area contributed by atoms with Crippen LogP contribution in [0, 0.1) is 4.77 Å². The van der Waals surface area contributed by atoms with E-state index in [1.54, 1.807) is 6.20 Å². The van der Waals surface area contributed by atoms with E-state index in [9.17, 15) is 0 Å². The summed E-state index contributed by atoms with van der Waals surface area (Å²) in [5, 5.41) is 0. The maximum Gasteiger partial charge on any atom is 0.177 e. The number of rotatable bonds is 4. The third-order valence-electron chi connectivity index (χ3n) is 2.91. The molecule has 17 heavy (non-hydrogen) atoms. The average Bonchev–Trinajstić information content (AvgIpc) is 2.86. The van der Waals surface area contributed by atoms with Crippen molar-refractivity contribution in [1.82, 2.24) is 19.1 Å². The molecule has 2 rings (SSSR count). The minimum atomic E-state index is 0.320. The summed E-state index contributed by atoms with van der Waals surface area (Å²) in [6.45, 7) is 7.41. The van der Waals surface area contributed by atoms with Gasteiger partial charge in [-0.25, -0.2) is 4.98 Å². The lowest BCUT2D eigenvalue weighted by Crippen LogP contribution is -2.15. The van der Waals surface area contributed by atoms with E-state index in [1.807, 2.05) is 18.7 Å². The number of hydrogen-bond acceptors (Lipinski definition) is 2. The zero-order valence-electron chi connectivity index (χ0n) is 10.4. The molecule has 1 atom stereocenters. The van der Waals surface area contributed by atoms with Crippen LogP contribution in [0.3, 0.4) is 0 Å². The Morgan fingerprint density at radius 3 is 2.76 bits per heavy atom. The number of nitrogens with one attached hydrogen (secondary N) is 1. The van der Waals surface area contributed by atoms with Gasteiger partial charge in [0.05, 0.1) is 12.4 Å². The molecule has 1 unspecified atom stereocenters. The standard InChI is InChI=1S/C12H18N4S/c1-9(2)11-6-14-12(17)16(11)10(3)7-15-5-4-13-8-15/h4-6,8-10H,7H2,1-3H3,(H,14,17). The summed E-state index contributed by atoms with van der Waals surface area (Å²) in [6.07, 6.45) is 7.62. The second-order valence-electron chi connectivity index (χ2n) is 4.65. The van der Waals surface area contributed by atoms with Gasteiger partial charge in [0.1, 0.15) is 0 Å². The summed E-state index contributed by atoms with van der Waals surface area (Å²) in [7, 11) is 0. The highest BCUT2D eigenvalue weighted by molar-refractivity contribution is 7.71. The van der Waals surface area contributed by atoms with Crippen molar-refractivity contribution in [2.75, 3.05) is 0 Å². The second kappa shape index (κ2) is 4.87. The summed E-state index contributed by atoms with van der Waals surface area (Å²) in [5.74, 6) is 0.466. The number of H-pyrrole nitrogens is 1. The topological polar surface area (TPSA) is 38.5 Å². The molecule has 5 heteroatoms. The molecular formula is C12H18N4S. The van der Waals surface area contributed by atoms with E-state index in [2.05, 4.69) is 39.9 Å². The van der Waals surface area contributed by atoms with Crippen molar-refractivity contribution in [2.24, 2.45) is 0 Å². The molecule has 0 aliphatic heterocycles. The smallest absolute Gasteiger partial charge is 0.177 e. The third-order valence-corrected chi connectivity index (χ3v) is 3.22. The van der Waals surface area contributed by atoms with Gasteiger partial charge in [0.25, 0.3) is 0 Å². The first-order valence-electron chi connectivity index (χ1n) is 5.85. The van der Waals surface area contributed by atoms with Gasteiger partial charge in [-0.3, -0.25) is 0 Å². The second-order valence-corrected chi connectivity index (χ2v) is 5.04. The Labute approximate surface area is 106 Å². The molecule has 0 aromatic carbocycles. The molecule has 0 radical (unpaired) electrons. The van der Waals surface area contributed by atoms with Crippen molar-refractivity contribution in [3.8, 4) is 0 Å². The normalized spacial score (nSPS) is 13.2. The molecule has 0 fully saturated rings. The van der Waals surface area contributed by atoms with E-state index < -0.39 is 0 Å². The third kappa shape index (κ3) is 2.49. The molecule has 0 spiro atoms. The fourth-order valence-corrected chi connectivity index (χ4v) is 2.42. The van der Waals surface area contributed by atoms with Gasteiger partial charge in [-0.2, -0.15) is 0 Å². The van der Waals surface area contributed by atoms with Gasteiger partial charge in [-0.15, -0.1) is 0 Å². The fourth-order valence-electron chi connectivity index (χ4n) is 2.07. The Balaban J connectivity index is 2.27. The Bertz CT molecular complexity index is 521. The Morgan fingerprint density at radius 1 is 1.41 bits per heavy atom. The average molecular weight is 250 g/mol. The van der Waals surface area contributed by atoms with Crippen LogP contribution in [-0.2, 0) is 6.54 Å². The molecule has 0 bridgehead atoms. The molecule has 0 saturated carbocycles. The first-order valence-corrected chi connectivity index (χ1v) is 6.26. The van der Waals surface area contributed by atoms with Crippen LogP contribution in [0.2, 0.25) is 0 Å². The summed E-state index contributed by atoms with van der Waals surface area (Å²) in [5.41, 5.74) is 1.25. The van der Waals surface area contributed by atoms with Gasteiger partial charge in [0.15, 0.2) is 4.77 Å². The quantitative estimate of drug-likeness (QED) is 0.847. The number of aromatic nitrogens is 4. The number of imidazole rings is 2. The zero-order chi connectivity index (χ0) is 12.4. The molecule has 0 aliphatic rings. The van der Waals surface area contributed by atoms with Crippen molar-refractivity contribution in [3.05, 3.63) is 35.4 Å². The minimum Gasteiger partial charge on any atom is -0.337 e. The maximum absolute atomic E-state index is 5.35. The molecule has 92 valence electrons. The Morgan fingerprint density at radius 2 is 2.18 bits per heavy atom. The lowest BCUT2D eigenvalue weighted by atomic mass is 10.1. The summed E-state index contributed by atoms with van der Waals surface area (Å²) >= 11 is 5.35. The number of nitrogens with zero attached hydrogens (tertiary/aromatic N) is 3. The first-order chi connectivity index (χ1) is 8.09. The molecule has 0 aliphatic carbocycles. The Hall–Kier alpha value is -1.36. The van der Waals surface area contributed by atoms with Gasteiger partial charge < -0.3 is 14.1 Å². The first kappa shape index (κ1) is 12.1. The number of hydrogen-bond donors (Lipinski definition) is 1. The minimum absolute atomic E-state index is 0.320. The van der Waals surface area contributed by atoms with Crippen LogP contribution in [0.1, 0.15) is 38.4 Å². The fraction of sp³-hybridized carbons (Fsp3) is 0.500. The van der Waals surface area contributed by atoms with E-state index in [0.29, 0.717) is 12.0 Å². The van der Waals surface area contributed by atoms with E-state index in [1.165, 1.54) is 5.69 Å².